The molecule has 3 nitrogen and oxygen atoms in total. The molecule has 0 spiro atoms. The summed E-state index contributed by atoms with van der Waals surface area (Å²) in [6.45, 7) is 6.14. The van der Waals surface area contributed by atoms with Crippen molar-refractivity contribution in [3.63, 3.8) is 0 Å². The summed E-state index contributed by atoms with van der Waals surface area (Å²) in [5, 5.41) is 0. The lowest BCUT2D eigenvalue weighted by Gasteiger charge is -2.07. The molecule has 0 radical (unpaired) electrons. The van der Waals surface area contributed by atoms with Crippen molar-refractivity contribution in [2.24, 2.45) is 7.05 Å². The first kappa shape index (κ1) is 10.8. The summed E-state index contributed by atoms with van der Waals surface area (Å²) in [5.74, 6) is 0.155. The van der Waals surface area contributed by atoms with Crippen molar-refractivity contribution in [2.45, 2.75) is 26.7 Å². The molecule has 0 aliphatic carbocycles. The zero-order valence-corrected chi connectivity index (χ0v) is 9.42. The smallest absolute Gasteiger partial charge is 0.339 e. The molecule has 1 heterocycles. The van der Waals surface area contributed by atoms with E-state index < -0.39 is 0 Å². The Hall–Kier alpha value is -1.25. The van der Waals surface area contributed by atoms with Gasteiger partial charge in [0, 0.05) is 18.4 Å². The first-order valence-corrected chi connectivity index (χ1v) is 4.73. The van der Waals surface area contributed by atoms with E-state index in [1.807, 2.05) is 24.6 Å². The Bertz CT molecular complexity index is 350. The van der Waals surface area contributed by atoms with Gasteiger partial charge in [-0.3, -0.25) is 0 Å². The second-order valence-electron chi connectivity index (χ2n) is 3.77. The fourth-order valence-electron chi connectivity index (χ4n) is 1.59. The summed E-state index contributed by atoms with van der Waals surface area (Å²) in [5.41, 5.74) is 2.78. The minimum absolute atomic E-state index is 0.259. The Morgan fingerprint density at radius 3 is 2.43 bits per heavy atom. The monoisotopic (exact) mass is 195 g/mol. The van der Waals surface area contributed by atoms with Crippen LogP contribution < -0.4 is 0 Å². The highest BCUT2D eigenvalue weighted by Crippen LogP contribution is 2.21. The highest BCUT2D eigenvalue weighted by Gasteiger charge is 2.17. The van der Waals surface area contributed by atoms with Gasteiger partial charge in [0.15, 0.2) is 0 Å². The number of carbonyl (C=O) groups excluding carboxylic acids is 1. The predicted octanol–water partition coefficient (Wildman–Crippen LogP) is 2.24. The van der Waals surface area contributed by atoms with Gasteiger partial charge in [-0.05, 0) is 18.9 Å². The molecule has 0 fully saturated rings. The molecule has 0 amide bonds. The molecule has 1 rings (SSSR count). The minimum atomic E-state index is -0.259. The van der Waals surface area contributed by atoms with Gasteiger partial charge >= 0.3 is 5.97 Å². The lowest BCUT2D eigenvalue weighted by molar-refractivity contribution is 0.0600. The molecule has 0 N–H and O–H groups in total. The van der Waals surface area contributed by atoms with Crippen LogP contribution in [-0.4, -0.2) is 17.6 Å². The van der Waals surface area contributed by atoms with Gasteiger partial charge in [0.05, 0.1) is 12.7 Å². The van der Waals surface area contributed by atoms with Crippen molar-refractivity contribution >= 4 is 5.97 Å². The highest BCUT2D eigenvalue weighted by atomic mass is 16.5. The molecule has 0 saturated carbocycles. The van der Waals surface area contributed by atoms with Gasteiger partial charge in [-0.25, -0.2) is 4.79 Å². The number of hydrogen-bond acceptors (Lipinski definition) is 2. The van der Waals surface area contributed by atoms with E-state index in [9.17, 15) is 4.79 Å². The van der Waals surface area contributed by atoms with Gasteiger partial charge in [0.2, 0.25) is 0 Å². The van der Waals surface area contributed by atoms with E-state index in [1.54, 1.807) is 0 Å². The third kappa shape index (κ3) is 1.67. The molecular formula is C11H17NO2. The van der Waals surface area contributed by atoms with E-state index in [0.29, 0.717) is 11.5 Å². The van der Waals surface area contributed by atoms with E-state index in [2.05, 4.69) is 13.8 Å². The first-order chi connectivity index (χ1) is 6.49. The third-order valence-electron chi connectivity index (χ3n) is 2.57. The minimum Gasteiger partial charge on any atom is -0.465 e. The average Bonchev–Trinajstić information content (AvgIpc) is 2.43. The third-order valence-corrected chi connectivity index (χ3v) is 2.57. The fourth-order valence-corrected chi connectivity index (χ4v) is 1.59. The number of rotatable bonds is 2. The Morgan fingerprint density at radius 2 is 2.07 bits per heavy atom. The van der Waals surface area contributed by atoms with Crippen molar-refractivity contribution in [1.29, 1.82) is 0 Å². The second-order valence-corrected chi connectivity index (χ2v) is 3.77. The Labute approximate surface area is 84.7 Å². The Morgan fingerprint density at radius 1 is 1.50 bits per heavy atom. The Balaban J connectivity index is 3.21. The molecular weight excluding hydrogens is 178 g/mol. The molecule has 0 bridgehead atoms. The summed E-state index contributed by atoms with van der Waals surface area (Å²) in [6.07, 6.45) is 0. The van der Waals surface area contributed by atoms with Gasteiger partial charge in [0.25, 0.3) is 0 Å². The van der Waals surface area contributed by atoms with Crippen molar-refractivity contribution in [1.82, 2.24) is 4.57 Å². The maximum Gasteiger partial charge on any atom is 0.339 e. The Kier molecular flexibility index (Phi) is 2.99. The number of esters is 1. The number of hydrogen-bond donors (Lipinski definition) is 0. The first-order valence-electron chi connectivity index (χ1n) is 4.73. The van der Waals surface area contributed by atoms with Crippen molar-refractivity contribution in [2.75, 3.05) is 7.11 Å². The van der Waals surface area contributed by atoms with Crippen LogP contribution >= 0.6 is 0 Å². The number of nitrogens with zero attached hydrogens (tertiary/aromatic N) is 1. The lowest BCUT2D eigenvalue weighted by Crippen LogP contribution is -2.03. The number of methoxy groups -OCH3 is 1. The summed E-state index contributed by atoms with van der Waals surface area (Å²) in [4.78, 5) is 11.4. The zero-order valence-electron chi connectivity index (χ0n) is 9.42. The van der Waals surface area contributed by atoms with Crippen LogP contribution in [0.25, 0.3) is 0 Å². The second kappa shape index (κ2) is 3.86. The molecule has 3 heteroatoms. The van der Waals surface area contributed by atoms with Crippen LogP contribution in [0.5, 0.6) is 0 Å². The van der Waals surface area contributed by atoms with E-state index in [0.717, 1.165) is 11.4 Å². The summed E-state index contributed by atoms with van der Waals surface area (Å²) < 4.78 is 6.75. The molecule has 14 heavy (non-hydrogen) atoms. The van der Waals surface area contributed by atoms with Crippen LogP contribution in [0, 0.1) is 6.92 Å². The quantitative estimate of drug-likeness (QED) is 0.678. The van der Waals surface area contributed by atoms with Gasteiger partial charge in [-0.1, -0.05) is 13.8 Å². The fraction of sp³-hybridized carbons (Fsp3) is 0.545. The van der Waals surface area contributed by atoms with Crippen molar-refractivity contribution < 1.29 is 9.53 Å². The number of carbonyl (C=O) groups is 1. The molecule has 0 atom stereocenters. The molecule has 1 aromatic heterocycles. The van der Waals surface area contributed by atoms with Crippen LogP contribution in [0.1, 0.15) is 41.5 Å². The molecule has 0 aromatic carbocycles. The molecule has 0 saturated heterocycles. The summed E-state index contributed by atoms with van der Waals surface area (Å²) >= 11 is 0. The average molecular weight is 195 g/mol. The number of aromatic nitrogens is 1. The molecule has 0 aliphatic heterocycles. The standard InChI is InChI=1S/C11H17NO2/c1-7(2)10-6-9(11(13)14-5)8(3)12(10)4/h6-7H,1-5H3. The lowest BCUT2D eigenvalue weighted by atomic mass is 10.1. The summed E-state index contributed by atoms with van der Waals surface area (Å²) in [6, 6.07) is 1.91. The largest absolute Gasteiger partial charge is 0.465 e. The van der Waals surface area contributed by atoms with Crippen LogP contribution in [0.2, 0.25) is 0 Å². The topological polar surface area (TPSA) is 31.2 Å². The maximum atomic E-state index is 11.4. The highest BCUT2D eigenvalue weighted by molar-refractivity contribution is 5.91. The van der Waals surface area contributed by atoms with E-state index in [4.69, 9.17) is 4.74 Å². The van der Waals surface area contributed by atoms with Crippen molar-refractivity contribution in [3.05, 3.63) is 23.0 Å². The van der Waals surface area contributed by atoms with E-state index in [-0.39, 0.29) is 5.97 Å². The SMILES string of the molecule is COC(=O)c1cc(C(C)C)n(C)c1C. The summed E-state index contributed by atoms with van der Waals surface area (Å²) in [7, 11) is 3.38. The molecule has 1 aromatic rings. The van der Waals surface area contributed by atoms with Crippen LogP contribution in [0.3, 0.4) is 0 Å². The van der Waals surface area contributed by atoms with Gasteiger partial charge < -0.3 is 9.30 Å². The van der Waals surface area contributed by atoms with Gasteiger partial charge in [0.1, 0.15) is 0 Å². The maximum absolute atomic E-state index is 11.4. The van der Waals surface area contributed by atoms with Crippen LogP contribution in [0.4, 0.5) is 0 Å². The normalized spacial score (nSPS) is 10.7. The predicted molar refractivity (Wildman–Crippen MR) is 55.6 cm³/mol. The zero-order chi connectivity index (χ0) is 10.9. The molecule has 0 aliphatic rings. The van der Waals surface area contributed by atoms with E-state index >= 15 is 0 Å². The van der Waals surface area contributed by atoms with Crippen LogP contribution in [0.15, 0.2) is 6.07 Å². The molecule has 78 valence electrons. The van der Waals surface area contributed by atoms with Crippen LogP contribution in [-0.2, 0) is 11.8 Å². The van der Waals surface area contributed by atoms with Gasteiger partial charge in [-0.15, -0.1) is 0 Å². The molecule has 0 unspecified atom stereocenters. The van der Waals surface area contributed by atoms with E-state index in [1.165, 1.54) is 7.11 Å². The van der Waals surface area contributed by atoms with Gasteiger partial charge in [-0.2, -0.15) is 0 Å². The number of ether oxygens (including phenoxy) is 1. The van der Waals surface area contributed by atoms with Crippen molar-refractivity contribution in [3.8, 4) is 0 Å².